The van der Waals surface area contributed by atoms with Crippen molar-refractivity contribution in [2.45, 2.75) is 11.9 Å². The van der Waals surface area contributed by atoms with Crippen LogP contribution >= 0.6 is 11.8 Å². The van der Waals surface area contributed by atoms with Crippen molar-refractivity contribution in [2.24, 2.45) is 0 Å². The number of benzene rings is 3. The quantitative estimate of drug-likeness (QED) is 0.666. The molecule has 5 heteroatoms. The second-order valence-electron chi connectivity index (χ2n) is 6.18. The maximum Gasteiger partial charge on any atom is 0.234 e. The topological polar surface area (TPSA) is 29.5 Å². The minimum absolute atomic E-state index is 0.0123. The van der Waals surface area contributed by atoms with Gasteiger partial charge in [-0.1, -0.05) is 48.5 Å². The van der Waals surface area contributed by atoms with Gasteiger partial charge in [0.05, 0.1) is 18.4 Å². The number of hydrogen-bond acceptors (Lipinski definition) is 3. The fourth-order valence-electron chi connectivity index (χ4n) is 3.41. The molecule has 1 unspecified atom stereocenters. The summed E-state index contributed by atoms with van der Waals surface area (Å²) in [7, 11) is 1.52. The Kier molecular flexibility index (Phi) is 4.55. The number of fused-ring (bicyclic) bond motifs is 1. The summed E-state index contributed by atoms with van der Waals surface area (Å²) in [6, 6.07) is 18.9. The summed E-state index contributed by atoms with van der Waals surface area (Å²) < 4.78 is 19.9. The van der Waals surface area contributed by atoms with Crippen molar-refractivity contribution < 1.29 is 13.9 Å². The largest absolute Gasteiger partial charge is 0.496 e. The highest BCUT2D eigenvalue weighted by atomic mass is 32.2. The molecule has 3 nitrogen and oxygen atoms in total. The zero-order chi connectivity index (χ0) is 18.1. The molecular formula is C21H18FNO2S. The Hall–Kier alpha value is -2.53. The molecule has 0 aromatic heterocycles. The van der Waals surface area contributed by atoms with Gasteiger partial charge in [-0.05, 0) is 28.5 Å². The second kappa shape index (κ2) is 7.00. The number of carbonyl (C=O) groups is 1. The maximum atomic E-state index is 14.5. The zero-order valence-corrected chi connectivity index (χ0v) is 15.1. The van der Waals surface area contributed by atoms with Crippen LogP contribution in [0, 0.1) is 5.82 Å². The lowest BCUT2D eigenvalue weighted by atomic mass is 10.0. The van der Waals surface area contributed by atoms with E-state index in [2.05, 4.69) is 18.2 Å². The van der Waals surface area contributed by atoms with E-state index in [0.29, 0.717) is 23.6 Å². The predicted octanol–water partition coefficient (Wildman–Crippen LogP) is 4.76. The molecule has 4 rings (SSSR count). The average Bonchev–Trinajstić information content (AvgIpc) is 3.02. The van der Waals surface area contributed by atoms with E-state index < -0.39 is 5.37 Å². The Bertz CT molecular complexity index is 970. The molecule has 0 saturated carbocycles. The van der Waals surface area contributed by atoms with E-state index in [-0.39, 0.29) is 11.7 Å². The minimum Gasteiger partial charge on any atom is -0.496 e. The highest BCUT2D eigenvalue weighted by molar-refractivity contribution is 8.00. The van der Waals surface area contributed by atoms with Crippen molar-refractivity contribution in [3.8, 4) is 5.75 Å². The number of hydrogen-bond donors (Lipinski definition) is 0. The Labute approximate surface area is 155 Å². The van der Waals surface area contributed by atoms with Crippen molar-refractivity contribution in [1.29, 1.82) is 0 Å². The number of rotatable bonds is 4. The van der Waals surface area contributed by atoms with Gasteiger partial charge in [0.15, 0.2) is 0 Å². The van der Waals surface area contributed by atoms with Crippen LogP contribution in [0.5, 0.6) is 5.75 Å². The molecule has 132 valence electrons. The number of nitrogens with zero attached hydrogens (tertiary/aromatic N) is 1. The number of thioether (sulfide) groups is 1. The van der Waals surface area contributed by atoms with Gasteiger partial charge < -0.3 is 9.64 Å². The Morgan fingerprint density at radius 2 is 1.88 bits per heavy atom. The first-order valence-corrected chi connectivity index (χ1v) is 9.44. The van der Waals surface area contributed by atoms with Crippen LogP contribution < -0.4 is 4.74 Å². The average molecular weight is 367 g/mol. The Balaban J connectivity index is 1.74. The van der Waals surface area contributed by atoms with E-state index in [1.807, 2.05) is 24.3 Å². The third-order valence-electron chi connectivity index (χ3n) is 4.67. The molecule has 1 heterocycles. The molecule has 1 aliphatic heterocycles. The molecular weight excluding hydrogens is 349 g/mol. The van der Waals surface area contributed by atoms with E-state index in [0.717, 1.165) is 16.3 Å². The first-order valence-electron chi connectivity index (χ1n) is 8.39. The lowest BCUT2D eigenvalue weighted by molar-refractivity contribution is -0.128. The lowest BCUT2D eigenvalue weighted by Gasteiger charge is -2.26. The highest BCUT2D eigenvalue weighted by Gasteiger charge is 2.36. The fourth-order valence-corrected chi connectivity index (χ4v) is 4.65. The normalized spacial score (nSPS) is 17.1. The fraction of sp³-hybridized carbons (Fsp3) is 0.190. The van der Waals surface area contributed by atoms with Gasteiger partial charge in [-0.2, -0.15) is 0 Å². The van der Waals surface area contributed by atoms with Crippen LogP contribution in [-0.4, -0.2) is 23.7 Å². The van der Waals surface area contributed by atoms with Crippen LogP contribution in [0.25, 0.3) is 10.8 Å². The predicted molar refractivity (Wildman–Crippen MR) is 103 cm³/mol. The molecule has 1 aliphatic rings. The van der Waals surface area contributed by atoms with Crippen LogP contribution in [0.3, 0.4) is 0 Å². The molecule has 1 amide bonds. The van der Waals surface area contributed by atoms with Crippen molar-refractivity contribution in [3.63, 3.8) is 0 Å². The molecule has 3 aromatic carbocycles. The monoisotopic (exact) mass is 367 g/mol. The van der Waals surface area contributed by atoms with E-state index in [9.17, 15) is 9.18 Å². The number of amides is 1. The van der Waals surface area contributed by atoms with Gasteiger partial charge in [-0.15, -0.1) is 11.8 Å². The Morgan fingerprint density at radius 1 is 1.12 bits per heavy atom. The second-order valence-corrected chi connectivity index (χ2v) is 7.25. The van der Waals surface area contributed by atoms with Gasteiger partial charge in [0, 0.05) is 6.54 Å². The zero-order valence-electron chi connectivity index (χ0n) is 14.3. The first kappa shape index (κ1) is 16.9. The summed E-state index contributed by atoms with van der Waals surface area (Å²) in [5.41, 5.74) is 1.49. The van der Waals surface area contributed by atoms with Gasteiger partial charge in [0.2, 0.25) is 5.91 Å². The van der Waals surface area contributed by atoms with Crippen molar-refractivity contribution >= 4 is 28.4 Å². The molecule has 0 spiro atoms. The van der Waals surface area contributed by atoms with E-state index in [4.69, 9.17) is 4.74 Å². The molecule has 0 N–H and O–H groups in total. The van der Waals surface area contributed by atoms with Crippen LogP contribution in [0.2, 0.25) is 0 Å². The molecule has 26 heavy (non-hydrogen) atoms. The molecule has 0 radical (unpaired) electrons. The summed E-state index contributed by atoms with van der Waals surface area (Å²) in [5.74, 6) is 0.477. The molecule has 1 fully saturated rings. The first-order chi connectivity index (χ1) is 12.7. The van der Waals surface area contributed by atoms with Crippen molar-refractivity contribution in [1.82, 2.24) is 4.90 Å². The summed E-state index contributed by atoms with van der Waals surface area (Å²) >= 11 is 1.44. The van der Waals surface area contributed by atoms with Gasteiger partial charge in [0.1, 0.15) is 16.9 Å². The summed E-state index contributed by atoms with van der Waals surface area (Å²) in [5, 5.41) is 1.85. The third kappa shape index (κ3) is 2.92. The smallest absolute Gasteiger partial charge is 0.234 e. The van der Waals surface area contributed by atoms with Crippen LogP contribution in [0.1, 0.15) is 16.5 Å². The van der Waals surface area contributed by atoms with Gasteiger partial charge >= 0.3 is 0 Å². The van der Waals surface area contributed by atoms with Crippen LogP contribution in [0.4, 0.5) is 4.39 Å². The van der Waals surface area contributed by atoms with Gasteiger partial charge in [-0.3, -0.25) is 4.79 Å². The van der Waals surface area contributed by atoms with Crippen LogP contribution in [0.15, 0.2) is 60.7 Å². The SMILES string of the molecule is COc1cccc(F)c1C1SCC(=O)N1Cc1cccc2ccccc12. The number of methoxy groups -OCH3 is 1. The van der Waals surface area contributed by atoms with Gasteiger partial charge in [0.25, 0.3) is 0 Å². The lowest BCUT2D eigenvalue weighted by Crippen LogP contribution is -2.28. The van der Waals surface area contributed by atoms with Gasteiger partial charge in [-0.25, -0.2) is 4.39 Å². The van der Waals surface area contributed by atoms with Crippen molar-refractivity contribution in [3.05, 3.63) is 77.6 Å². The third-order valence-corrected chi connectivity index (χ3v) is 5.89. The maximum absolute atomic E-state index is 14.5. The summed E-state index contributed by atoms with van der Waals surface area (Å²) in [4.78, 5) is 14.3. The summed E-state index contributed by atoms with van der Waals surface area (Å²) in [6.07, 6.45) is 0. The van der Waals surface area contributed by atoms with E-state index in [1.165, 1.54) is 24.9 Å². The van der Waals surface area contributed by atoms with E-state index >= 15 is 0 Å². The standard InChI is InChI=1S/C21H18FNO2S/c1-25-18-11-5-10-17(22)20(18)21-23(19(24)13-26-21)12-15-8-4-7-14-6-2-3-9-16(14)15/h2-11,21H,12-13H2,1H3. The summed E-state index contributed by atoms with van der Waals surface area (Å²) in [6.45, 7) is 0.440. The number of carbonyl (C=O) groups excluding carboxylic acids is 1. The molecule has 1 atom stereocenters. The van der Waals surface area contributed by atoms with E-state index in [1.54, 1.807) is 17.0 Å². The molecule has 0 aliphatic carbocycles. The molecule has 1 saturated heterocycles. The molecule has 3 aromatic rings. The number of ether oxygens (including phenoxy) is 1. The number of halogens is 1. The van der Waals surface area contributed by atoms with Crippen molar-refractivity contribution in [2.75, 3.05) is 12.9 Å². The minimum atomic E-state index is -0.391. The molecule has 0 bridgehead atoms. The Morgan fingerprint density at radius 3 is 2.73 bits per heavy atom. The van der Waals surface area contributed by atoms with Crippen LogP contribution in [-0.2, 0) is 11.3 Å². The highest BCUT2D eigenvalue weighted by Crippen LogP contribution is 2.44.